The van der Waals surface area contributed by atoms with Crippen molar-refractivity contribution in [1.82, 2.24) is 0 Å². The fourth-order valence-electron chi connectivity index (χ4n) is 1.34. The lowest BCUT2D eigenvalue weighted by molar-refractivity contribution is 0.262. The van der Waals surface area contributed by atoms with Gasteiger partial charge in [-0.3, -0.25) is 0 Å². The molecule has 0 aromatic heterocycles. The number of hydrogen-bond acceptors (Lipinski definition) is 3. The van der Waals surface area contributed by atoms with Crippen LogP contribution in [0, 0.1) is 0 Å². The second-order valence-electron chi connectivity index (χ2n) is 3.31. The molecule has 0 radical (unpaired) electrons. The molecule has 0 aliphatic heterocycles. The molecule has 0 atom stereocenters. The van der Waals surface area contributed by atoms with Gasteiger partial charge in [0.1, 0.15) is 0 Å². The molecular weight excluding hydrogens is 304 g/mol. The number of carbonyl (C=O) groups excluding carboxylic acids is 1. The lowest BCUT2D eigenvalue weighted by Crippen LogP contribution is -2.19. The van der Waals surface area contributed by atoms with Crippen LogP contribution < -0.4 is 10.6 Å². The van der Waals surface area contributed by atoms with E-state index >= 15 is 0 Å². The Bertz CT molecular complexity index is 419. The summed E-state index contributed by atoms with van der Waals surface area (Å²) >= 11 is 0. The van der Waals surface area contributed by atoms with Gasteiger partial charge in [0, 0.05) is 25.6 Å². The number of carbonyl (C=O) groups is 1. The number of anilines is 2. The van der Waals surface area contributed by atoms with Crippen LogP contribution in [0.25, 0.3) is 0 Å². The maximum atomic E-state index is 11.6. The second kappa shape index (κ2) is 22.9. The van der Waals surface area contributed by atoms with Crippen LogP contribution in [-0.4, -0.2) is 30.5 Å². The average molecular weight is 336 g/mol. The molecule has 0 saturated carbocycles. The largest absolute Gasteiger partial charge is 0.400 e. The smallest absolute Gasteiger partial charge is 0.323 e. The SMILES string of the molecule is CC.CC.CO.CO.O=C(Nc1ccccc1)Nc1ccccc1. The van der Waals surface area contributed by atoms with Crippen molar-refractivity contribution < 1.29 is 15.0 Å². The van der Waals surface area contributed by atoms with Crippen LogP contribution in [0.1, 0.15) is 27.7 Å². The van der Waals surface area contributed by atoms with E-state index in [9.17, 15) is 4.79 Å². The second-order valence-corrected chi connectivity index (χ2v) is 3.31. The monoisotopic (exact) mass is 336 g/mol. The summed E-state index contributed by atoms with van der Waals surface area (Å²) in [5.74, 6) is 0. The van der Waals surface area contributed by atoms with E-state index in [1.807, 2.05) is 88.4 Å². The highest BCUT2D eigenvalue weighted by Crippen LogP contribution is 2.08. The minimum absolute atomic E-state index is 0.239. The molecule has 136 valence electrons. The van der Waals surface area contributed by atoms with Gasteiger partial charge in [0.05, 0.1) is 0 Å². The van der Waals surface area contributed by atoms with Crippen LogP contribution in [0.3, 0.4) is 0 Å². The Morgan fingerprint density at radius 2 is 0.875 bits per heavy atom. The topological polar surface area (TPSA) is 81.6 Å². The third kappa shape index (κ3) is 14.6. The number of nitrogens with one attached hydrogen (secondary N) is 2. The van der Waals surface area contributed by atoms with Gasteiger partial charge in [0.25, 0.3) is 0 Å². The number of amides is 2. The first kappa shape index (κ1) is 26.5. The number of rotatable bonds is 2. The van der Waals surface area contributed by atoms with Gasteiger partial charge >= 0.3 is 6.03 Å². The molecule has 0 heterocycles. The Balaban J connectivity index is -0.000000484. The molecule has 4 N–H and O–H groups in total. The molecule has 0 aliphatic rings. The summed E-state index contributed by atoms with van der Waals surface area (Å²) in [4.78, 5) is 11.6. The van der Waals surface area contributed by atoms with Gasteiger partial charge in [-0.25, -0.2) is 4.79 Å². The van der Waals surface area contributed by atoms with Gasteiger partial charge in [-0.15, -0.1) is 0 Å². The van der Waals surface area contributed by atoms with Crippen LogP contribution >= 0.6 is 0 Å². The summed E-state index contributed by atoms with van der Waals surface area (Å²) in [6.07, 6.45) is 0. The van der Waals surface area contributed by atoms with E-state index in [0.717, 1.165) is 25.6 Å². The zero-order valence-corrected chi connectivity index (χ0v) is 15.6. The minimum atomic E-state index is -0.239. The first-order valence-corrected chi connectivity index (χ1v) is 7.92. The number of aliphatic hydroxyl groups excluding tert-OH is 2. The lowest BCUT2D eigenvalue weighted by atomic mass is 10.3. The molecule has 0 fully saturated rings. The molecular formula is C19H32N2O3. The summed E-state index contributed by atoms with van der Waals surface area (Å²) in [7, 11) is 2.00. The maximum Gasteiger partial charge on any atom is 0.323 e. The Hall–Kier alpha value is -2.37. The predicted molar refractivity (Wildman–Crippen MR) is 105 cm³/mol. The highest BCUT2D eigenvalue weighted by Gasteiger charge is 2.00. The van der Waals surface area contributed by atoms with E-state index in [0.29, 0.717) is 0 Å². The molecule has 5 nitrogen and oxygen atoms in total. The fourth-order valence-corrected chi connectivity index (χ4v) is 1.34. The third-order valence-corrected chi connectivity index (χ3v) is 2.06. The van der Waals surface area contributed by atoms with Crippen molar-refractivity contribution in [1.29, 1.82) is 0 Å². The highest BCUT2D eigenvalue weighted by molar-refractivity contribution is 5.99. The lowest BCUT2D eigenvalue weighted by Gasteiger charge is -2.06. The van der Waals surface area contributed by atoms with Crippen LogP contribution in [0.4, 0.5) is 16.2 Å². The van der Waals surface area contributed by atoms with Crippen LogP contribution in [0.15, 0.2) is 60.7 Å². The zero-order valence-electron chi connectivity index (χ0n) is 15.6. The van der Waals surface area contributed by atoms with Gasteiger partial charge in [0.2, 0.25) is 0 Å². The van der Waals surface area contributed by atoms with E-state index in [1.54, 1.807) is 0 Å². The summed E-state index contributed by atoms with van der Waals surface area (Å²) in [5, 5.41) is 19.5. The van der Waals surface area contributed by atoms with Crippen LogP contribution in [0.2, 0.25) is 0 Å². The summed E-state index contributed by atoms with van der Waals surface area (Å²) in [6.45, 7) is 8.00. The van der Waals surface area contributed by atoms with Crippen LogP contribution in [-0.2, 0) is 0 Å². The van der Waals surface area contributed by atoms with Gasteiger partial charge < -0.3 is 20.8 Å². The van der Waals surface area contributed by atoms with E-state index in [1.165, 1.54) is 0 Å². The molecule has 0 spiro atoms. The first-order chi connectivity index (χ1) is 11.8. The summed E-state index contributed by atoms with van der Waals surface area (Å²) in [6, 6.07) is 18.4. The Kier molecular flexibility index (Phi) is 25.3. The zero-order chi connectivity index (χ0) is 19.2. The first-order valence-electron chi connectivity index (χ1n) is 7.92. The van der Waals surface area contributed by atoms with Crippen molar-refractivity contribution in [3.8, 4) is 0 Å². The molecule has 5 heteroatoms. The number of aliphatic hydroxyl groups is 2. The molecule has 0 bridgehead atoms. The highest BCUT2D eigenvalue weighted by atomic mass is 16.2. The molecule has 2 rings (SSSR count). The van der Waals surface area contributed by atoms with E-state index in [4.69, 9.17) is 10.2 Å². The molecule has 24 heavy (non-hydrogen) atoms. The Morgan fingerprint density at radius 1 is 0.625 bits per heavy atom. The van der Waals surface area contributed by atoms with Crippen molar-refractivity contribution in [2.45, 2.75) is 27.7 Å². The van der Waals surface area contributed by atoms with Crippen molar-refractivity contribution in [3.05, 3.63) is 60.7 Å². The summed E-state index contributed by atoms with van der Waals surface area (Å²) in [5.41, 5.74) is 1.55. The quantitative estimate of drug-likeness (QED) is 0.647. The van der Waals surface area contributed by atoms with Gasteiger partial charge in [-0.2, -0.15) is 0 Å². The molecule has 0 saturated heterocycles. The number of para-hydroxylation sites is 2. The normalized spacial score (nSPS) is 7.33. The van der Waals surface area contributed by atoms with Crippen LogP contribution in [0.5, 0.6) is 0 Å². The molecule has 0 unspecified atom stereocenters. The fraction of sp³-hybridized carbons (Fsp3) is 0.316. The molecule has 0 aliphatic carbocycles. The molecule has 2 aromatic rings. The van der Waals surface area contributed by atoms with Crippen molar-refractivity contribution in [2.24, 2.45) is 0 Å². The van der Waals surface area contributed by atoms with Crippen molar-refractivity contribution in [3.63, 3.8) is 0 Å². The number of benzene rings is 2. The number of urea groups is 1. The minimum Gasteiger partial charge on any atom is -0.400 e. The van der Waals surface area contributed by atoms with E-state index < -0.39 is 0 Å². The third-order valence-electron chi connectivity index (χ3n) is 2.06. The maximum absolute atomic E-state index is 11.6. The van der Waals surface area contributed by atoms with Crippen molar-refractivity contribution in [2.75, 3.05) is 24.9 Å². The van der Waals surface area contributed by atoms with E-state index in [2.05, 4.69) is 10.6 Å². The van der Waals surface area contributed by atoms with E-state index in [-0.39, 0.29) is 6.03 Å². The molecule has 2 amide bonds. The molecule has 2 aromatic carbocycles. The van der Waals surface area contributed by atoms with Gasteiger partial charge in [-0.05, 0) is 24.3 Å². The number of hydrogen-bond donors (Lipinski definition) is 4. The van der Waals surface area contributed by atoms with Crippen molar-refractivity contribution >= 4 is 17.4 Å². The Morgan fingerprint density at radius 3 is 1.12 bits per heavy atom. The average Bonchev–Trinajstić information content (AvgIpc) is 2.70. The van der Waals surface area contributed by atoms with Gasteiger partial charge in [0.15, 0.2) is 0 Å². The summed E-state index contributed by atoms with van der Waals surface area (Å²) < 4.78 is 0. The van der Waals surface area contributed by atoms with Gasteiger partial charge in [-0.1, -0.05) is 64.1 Å². The predicted octanol–water partition coefficient (Wildman–Crippen LogP) is 4.60. The Labute approximate surface area is 146 Å². The standard InChI is InChI=1S/C13H12N2O.2C2H6.2CH4O/c16-13(14-11-7-3-1-4-8-11)15-12-9-5-2-6-10-12;4*1-2/h1-10H,(H2,14,15,16);2*1-2H3;2*2H,1H3.